The Morgan fingerprint density at radius 2 is 2.25 bits per heavy atom. The molecule has 5 heteroatoms. The molecule has 1 fully saturated rings. The van der Waals surface area contributed by atoms with Crippen molar-refractivity contribution in [2.45, 2.75) is 6.92 Å². The van der Waals surface area contributed by atoms with Gasteiger partial charge in [-0.25, -0.2) is 0 Å². The highest BCUT2D eigenvalue weighted by molar-refractivity contribution is 9.10. The zero-order chi connectivity index (χ0) is 14.1. The molecule has 0 radical (unpaired) electrons. The molecule has 1 aliphatic heterocycles. The molecule has 4 nitrogen and oxygen atoms in total. The summed E-state index contributed by atoms with van der Waals surface area (Å²) in [6.07, 6.45) is 0. The molecule has 3 rings (SSSR count). The first kappa shape index (κ1) is 13.5. The molecule has 2 heterocycles. The molecule has 0 aliphatic carbocycles. The Hall–Kier alpha value is -1.46. The van der Waals surface area contributed by atoms with Crippen LogP contribution in [0.15, 0.2) is 28.7 Å². The second kappa shape index (κ2) is 5.50. The Bertz CT molecular complexity index is 662. The van der Waals surface area contributed by atoms with Crippen LogP contribution in [0, 0.1) is 12.8 Å². The molecular weight excluding hydrogens is 318 g/mol. The molecule has 104 valence electrons. The van der Waals surface area contributed by atoms with Crippen LogP contribution in [-0.4, -0.2) is 30.5 Å². The predicted molar refractivity (Wildman–Crippen MR) is 82.9 cm³/mol. The largest absolute Gasteiger partial charge is 0.352 e. The molecule has 1 aromatic carbocycles. The molecule has 0 bridgehead atoms. The number of carbonyl (C=O) groups excluding carboxylic acids is 1. The molecule has 0 atom stereocenters. The maximum absolute atomic E-state index is 12.4. The van der Waals surface area contributed by atoms with Gasteiger partial charge in [0.2, 0.25) is 0 Å². The summed E-state index contributed by atoms with van der Waals surface area (Å²) >= 11 is 3.44. The molecular formula is C15H16BrN3O. The van der Waals surface area contributed by atoms with Gasteiger partial charge in [0.25, 0.3) is 5.91 Å². The summed E-state index contributed by atoms with van der Waals surface area (Å²) in [6, 6.07) is 7.66. The lowest BCUT2D eigenvalue weighted by atomic mass is 10.0. The average molecular weight is 334 g/mol. The average Bonchev–Trinajstić information content (AvgIpc) is 2.35. The van der Waals surface area contributed by atoms with Gasteiger partial charge in [-0.3, -0.25) is 9.78 Å². The van der Waals surface area contributed by atoms with E-state index in [1.165, 1.54) is 0 Å². The van der Waals surface area contributed by atoms with Crippen LogP contribution < -0.4 is 10.6 Å². The van der Waals surface area contributed by atoms with Crippen molar-refractivity contribution < 1.29 is 4.79 Å². The molecule has 20 heavy (non-hydrogen) atoms. The van der Waals surface area contributed by atoms with Crippen LogP contribution >= 0.6 is 15.9 Å². The lowest BCUT2D eigenvalue weighted by molar-refractivity contribution is 0.0943. The van der Waals surface area contributed by atoms with Gasteiger partial charge in [0.15, 0.2) is 0 Å². The Morgan fingerprint density at radius 1 is 1.45 bits per heavy atom. The van der Waals surface area contributed by atoms with E-state index < -0.39 is 0 Å². The van der Waals surface area contributed by atoms with E-state index in [9.17, 15) is 4.79 Å². The van der Waals surface area contributed by atoms with E-state index >= 15 is 0 Å². The first-order valence-electron chi connectivity index (χ1n) is 6.69. The standard InChI is InChI=1S/C15H16BrN3O/c1-9-4-13(15(20)18-8-10-6-17-7-10)12-3-2-11(16)5-14(12)19-9/h2-5,10,17H,6-8H2,1H3,(H,18,20). The fourth-order valence-corrected chi connectivity index (χ4v) is 2.70. The number of aromatic nitrogens is 1. The maximum Gasteiger partial charge on any atom is 0.252 e. The zero-order valence-corrected chi connectivity index (χ0v) is 12.8. The molecule has 1 aromatic heterocycles. The summed E-state index contributed by atoms with van der Waals surface area (Å²) in [5.74, 6) is 0.539. The van der Waals surface area contributed by atoms with Gasteiger partial charge in [-0.05, 0) is 25.1 Å². The smallest absolute Gasteiger partial charge is 0.252 e. The Kier molecular flexibility index (Phi) is 3.72. The number of hydrogen-bond donors (Lipinski definition) is 2. The molecule has 2 N–H and O–H groups in total. The van der Waals surface area contributed by atoms with Crippen molar-refractivity contribution in [2.75, 3.05) is 19.6 Å². The van der Waals surface area contributed by atoms with Gasteiger partial charge >= 0.3 is 0 Å². The first-order valence-corrected chi connectivity index (χ1v) is 7.48. The third-order valence-corrected chi connectivity index (χ3v) is 4.06. The van der Waals surface area contributed by atoms with E-state index in [1.54, 1.807) is 0 Å². The highest BCUT2D eigenvalue weighted by Gasteiger charge is 2.18. The van der Waals surface area contributed by atoms with E-state index in [2.05, 4.69) is 31.5 Å². The zero-order valence-electron chi connectivity index (χ0n) is 11.2. The molecule has 2 aromatic rings. The molecule has 1 saturated heterocycles. The molecule has 0 saturated carbocycles. The summed E-state index contributed by atoms with van der Waals surface area (Å²) < 4.78 is 0.968. The van der Waals surface area contributed by atoms with Crippen LogP contribution in [0.2, 0.25) is 0 Å². The fourth-order valence-electron chi connectivity index (χ4n) is 2.35. The Labute approximate surface area is 126 Å². The van der Waals surface area contributed by atoms with Crippen molar-refractivity contribution in [1.29, 1.82) is 0 Å². The monoisotopic (exact) mass is 333 g/mol. The number of fused-ring (bicyclic) bond motifs is 1. The number of carbonyl (C=O) groups is 1. The number of hydrogen-bond acceptors (Lipinski definition) is 3. The minimum absolute atomic E-state index is 0.0188. The van der Waals surface area contributed by atoms with E-state index in [1.807, 2.05) is 31.2 Å². The van der Waals surface area contributed by atoms with Crippen molar-refractivity contribution in [3.8, 4) is 0 Å². The molecule has 1 aliphatic rings. The molecule has 0 unspecified atom stereocenters. The minimum atomic E-state index is -0.0188. The van der Waals surface area contributed by atoms with Crippen LogP contribution in [0.25, 0.3) is 10.9 Å². The van der Waals surface area contributed by atoms with Crippen LogP contribution in [-0.2, 0) is 0 Å². The summed E-state index contributed by atoms with van der Waals surface area (Å²) in [5.41, 5.74) is 2.40. The fraction of sp³-hybridized carbons (Fsp3) is 0.333. The summed E-state index contributed by atoms with van der Waals surface area (Å²) in [4.78, 5) is 16.9. The second-order valence-electron chi connectivity index (χ2n) is 5.21. The highest BCUT2D eigenvalue weighted by atomic mass is 79.9. The number of amides is 1. The number of rotatable bonds is 3. The van der Waals surface area contributed by atoms with Crippen LogP contribution in [0.3, 0.4) is 0 Å². The number of nitrogens with zero attached hydrogens (tertiary/aromatic N) is 1. The third kappa shape index (κ3) is 2.69. The van der Waals surface area contributed by atoms with E-state index in [-0.39, 0.29) is 5.91 Å². The topological polar surface area (TPSA) is 54.0 Å². The normalized spacial score (nSPS) is 15.1. The summed E-state index contributed by atoms with van der Waals surface area (Å²) in [5, 5.41) is 7.11. The van der Waals surface area contributed by atoms with Crippen molar-refractivity contribution >= 4 is 32.7 Å². The highest BCUT2D eigenvalue weighted by Crippen LogP contribution is 2.22. The Morgan fingerprint density at radius 3 is 2.95 bits per heavy atom. The third-order valence-electron chi connectivity index (χ3n) is 3.56. The van der Waals surface area contributed by atoms with Crippen LogP contribution in [0.5, 0.6) is 0 Å². The van der Waals surface area contributed by atoms with Gasteiger partial charge in [0, 0.05) is 41.1 Å². The quantitative estimate of drug-likeness (QED) is 0.905. The van der Waals surface area contributed by atoms with Gasteiger partial charge < -0.3 is 10.6 Å². The van der Waals surface area contributed by atoms with Gasteiger partial charge in [-0.15, -0.1) is 0 Å². The lowest BCUT2D eigenvalue weighted by Gasteiger charge is -2.27. The van der Waals surface area contributed by atoms with Gasteiger partial charge in [-0.1, -0.05) is 22.0 Å². The van der Waals surface area contributed by atoms with Gasteiger partial charge in [0.1, 0.15) is 0 Å². The van der Waals surface area contributed by atoms with Crippen LogP contribution in [0.1, 0.15) is 16.1 Å². The SMILES string of the molecule is Cc1cc(C(=O)NCC2CNC2)c2ccc(Br)cc2n1. The van der Waals surface area contributed by atoms with Gasteiger partial charge in [-0.2, -0.15) is 0 Å². The summed E-state index contributed by atoms with van der Waals surface area (Å²) in [6.45, 7) is 4.62. The van der Waals surface area contributed by atoms with Crippen molar-refractivity contribution in [2.24, 2.45) is 5.92 Å². The number of pyridine rings is 1. The molecule has 1 amide bonds. The van der Waals surface area contributed by atoms with Crippen molar-refractivity contribution in [3.63, 3.8) is 0 Å². The van der Waals surface area contributed by atoms with Gasteiger partial charge in [0.05, 0.1) is 11.1 Å². The predicted octanol–water partition coefficient (Wildman–Crippen LogP) is 2.25. The lowest BCUT2D eigenvalue weighted by Crippen LogP contribution is -2.48. The first-order chi connectivity index (χ1) is 9.63. The van der Waals surface area contributed by atoms with E-state index in [4.69, 9.17) is 0 Å². The number of benzene rings is 1. The number of halogens is 1. The second-order valence-corrected chi connectivity index (χ2v) is 6.12. The van der Waals surface area contributed by atoms with E-state index in [0.717, 1.165) is 40.7 Å². The summed E-state index contributed by atoms with van der Waals surface area (Å²) in [7, 11) is 0. The molecule has 0 spiro atoms. The van der Waals surface area contributed by atoms with Crippen LogP contribution in [0.4, 0.5) is 0 Å². The maximum atomic E-state index is 12.4. The van der Waals surface area contributed by atoms with Crippen molar-refractivity contribution in [3.05, 3.63) is 40.0 Å². The number of aryl methyl sites for hydroxylation is 1. The Balaban J connectivity index is 1.90. The van der Waals surface area contributed by atoms with Crippen molar-refractivity contribution in [1.82, 2.24) is 15.6 Å². The number of nitrogens with one attached hydrogen (secondary N) is 2. The minimum Gasteiger partial charge on any atom is -0.352 e. The van der Waals surface area contributed by atoms with E-state index in [0.29, 0.717) is 11.5 Å².